The summed E-state index contributed by atoms with van der Waals surface area (Å²) in [6.07, 6.45) is -0.600. The van der Waals surface area contributed by atoms with Crippen LogP contribution in [-0.2, 0) is 14.4 Å². The van der Waals surface area contributed by atoms with Crippen LogP contribution >= 0.6 is 11.8 Å². The quantitative estimate of drug-likeness (QED) is 0.475. The predicted molar refractivity (Wildman–Crippen MR) is 72.9 cm³/mol. The van der Waals surface area contributed by atoms with Gasteiger partial charge in [-0.05, 0) is 19.8 Å². The highest BCUT2D eigenvalue weighted by Gasteiger charge is 2.57. The molecule has 8 nitrogen and oxygen atoms in total. The summed E-state index contributed by atoms with van der Waals surface area (Å²) in [4.78, 5) is 35.5. The van der Waals surface area contributed by atoms with Gasteiger partial charge in [-0.25, -0.2) is 4.79 Å². The molecule has 0 saturated carbocycles. The number of thioether (sulfide) groups is 1. The van der Waals surface area contributed by atoms with E-state index in [0.717, 1.165) is 4.90 Å². The van der Waals surface area contributed by atoms with Gasteiger partial charge in [0.25, 0.3) is 0 Å². The predicted octanol–water partition coefficient (Wildman–Crippen LogP) is -0.613. The molecule has 0 radical (unpaired) electrons. The Morgan fingerprint density at radius 1 is 1.43 bits per heavy atom. The van der Waals surface area contributed by atoms with Crippen LogP contribution in [0.25, 0.3) is 0 Å². The van der Waals surface area contributed by atoms with Crippen LogP contribution in [0.1, 0.15) is 19.8 Å². The number of hydrogen-bond donors (Lipinski definition) is 4. The van der Waals surface area contributed by atoms with Crippen molar-refractivity contribution in [2.45, 2.75) is 37.3 Å². The number of carboxylic acid groups (broad SMARTS) is 2. The molecule has 0 aromatic carbocycles. The Labute approximate surface area is 124 Å². The SMILES string of the molecule is CC(O)[C@H]1C(=O)N2C(C(=O)O)=C(CCC(N)C(=O)O)S[C@H]12. The third kappa shape index (κ3) is 2.63. The topological polar surface area (TPSA) is 141 Å². The number of fused-ring (bicyclic) bond motifs is 1. The largest absolute Gasteiger partial charge is 0.480 e. The fourth-order valence-electron chi connectivity index (χ4n) is 2.44. The standard InChI is InChI=1S/C12H16N2O6S/c1-4(15)7-9(16)14-8(12(19)20)6(21-10(7)14)3-2-5(13)11(17)18/h4-5,7,10,15H,2-3,13H2,1H3,(H,17,18)(H,19,20)/t4?,5?,7-,10+/m0/s1. The number of aliphatic hydroxyl groups is 1. The van der Waals surface area contributed by atoms with E-state index in [2.05, 4.69) is 0 Å². The molecule has 116 valence electrons. The van der Waals surface area contributed by atoms with E-state index in [1.54, 1.807) is 0 Å². The summed E-state index contributed by atoms with van der Waals surface area (Å²) in [5.41, 5.74) is 5.28. The Balaban J connectivity index is 2.15. The summed E-state index contributed by atoms with van der Waals surface area (Å²) in [6.45, 7) is 1.49. The van der Waals surface area contributed by atoms with Crippen LogP contribution in [0.3, 0.4) is 0 Å². The molecule has 4 atom stereocenters. The average Bonchev–Trinajstić information content (AvgIpc) is 2.69. The Kier molecular flexibility index (Phi) is 4.26. The molecule has 1 fully saturated rings. The molecule has 2 unspecified atom stereocenters. The molecule has 0 aliphatic carbocycles. The van der Waals surface area contributed by atoms with Crippen LogP contribution in [-0.4, -0.2) is 55.6 Å². The first-order valence-electron chi connectivity index (χ1n) is 6.38. The molecule has 0 aromatic heterocycles. The van der Waals surface area contributed by atoms with E-state index in [-0.39, 0.29) is 18.5 Å². The third-order valence-electron chi connectivity index (χ3n) is 3.57. The minimum absolute atomic E-state index is 0.0859. The molecule has 0 bridgehead atoms. The van der Waals surface area contributed by atoms with Crippen LogP contribution in [0.4, 0.5) is 0 Å². The van der Waals surface area contributed by atoms with Crippen molar-refractivity contribution in [3.63, 3.8) is 0 Å². The van der Waals surface area contributed by atoms with Crippen molar-refractivity contribution in [1.82, 2.24) is 4.90 Å². The van der Waals surface area contributed by atoms with Gasteiger partial charge >= 0.3 is 11.9 Å². The first-order chi connectivity index (χ1) is 9.75. The molecule has 2 heterocycles. The van der Waals surface area contributed by atoms with Gasteiger partial charge in [-0.1, -0.05) is 0 Å². The smallest absolute Gasteiger partial charge is 0.353 e. The number of aliphatic hydroxyl groups excluding tert-OH is 1. The summed E-state index contributed by atoms with van der Waals surface area (Å²) >= 11 is 1.19. The third-order valence-corrected chi connectivity index (χ3v) is 5.00. The molecule has 0 spiro atoms. The first kappa shape index (κ1) is 15.8. The zero-order chi connectivity index (χ0) is 15.9. The van der Waals surface area contributed by atoms with E-state index in [1.807, 2.05) is 0 Å². The Morgan fingerprint density at radius 3 is 2.52 bits per heavy atom. The zero-order valence-corrected chi connectivity index (χ0v) is 12.0. The Morgan fingerprint density at radius 2 is 2.05 bits per heavy atom. The van der Waals surface area contributed by atoms with Crippen molar-refractivity contribution in [3.8, 4) is 0 Å². The van der Waals surface area contributed by atoms with E-state index in [9.17, 15) is 24.6 Å². The van der Waals surface area contributed by atoms with Crippen LogP contribution < -0.4 is 5.73 Å². The summed E-state index contributed by atoms with van der Waals surface area (Å²) in [7, 11) is 0. The second kappa shape index (κ2) is 5.66. The summed E-state index contributed by atoms with van der Waals surface area (Å²) < 4.78 is 0. The van der Waals surface area contributed by atoms with Crippen LogP contribution in [0.2, 0.25) is 0 Å². The van der Waals surface area contributed by atoms with Gasteiger partial charge in [0.1, 0.15) is 17.1 Å². The molecule has 1 amide bonds. The molecule has 2 aliphatic heterocycles. The summed E-state index contributed by atoms with van der Waals surface area (Å²) in [5.74, 6) is -3.44. The van der Waals surface area contributed by atoms with Gasteiger partial charge in [-0.2, -0.15) is 0 Å². The van der Waals surface area contributed by atoms with Gasteiger partial charge in [0.2, 0.25) is 5.91 Å². The van der Waals surface area contributed by atoms with Gasteiger partial charge in [0.15, 0.2) is 0 Å². The fraction of sp³-hybridized carbons (Fsp3) is 0.583. The normalized spacial score (nSPS) is 27.2. The maximum absolute atomic E-state index is 11.9. The van der Waals surface area contributed by atoms with Crippen LogP contribution in [0.5, 0.6) is 0 Å². The molecule has 21 heavy (non-hydrogen) atoms. The van der Waals surface area contributed by atoms with Crippen molar-refractivity contribution < 1.29 is 29.7 Å². The Hall–Kier alpha value is -1.58. The minimum Gasteiger partial charge on any atom is -0.480 e. The number of carboxylic acids is 2. The van der Waals surface area contributed by atoms with Crippen LogP contribution in [0, 0.1) is 5.92 Å². The fourth-order valence-corrected chi connectivity index (χ4v) is 4.07. The molecule has 9 heteroatoms. The zero-order valence-electron chi connectivity index (χ0n) is 11.2. The van der Waals surface area contributed by atoms with Gasteiger partial charge in [-0.15, -0.1) is 11.8 Å². The maximum atomic E-state index is 11.9. The molecule has 1 saturated heterocycles. The highest BCUT2D eigenvalue weighted by atomic mass is 32.2. The number of carbonyl (C=O) groups is 3. The highest BCUT2D eigenvalue weighted by molar-refractivity contribution is 8.04. The number of hydrogen-bond acceptors (Lipinski definition) is 6. The van der Waals surface area contributed by atoms with Crippen molar-refractivity contribution in [1.29, 1.82) is 0 Å². The van der Waals surface area contributed by atoms with Crippen LogP contribution in [0.15, 0.2) is 10.6 Å². The second-order valence-electron chi connectivity index (χ2n) is 5.04. The van der Waals surface area contributed by atoms with Crippen molar-refractivity contribution in [2.24, 2.45) is 11.7 Å². The molecule has 5 N–H and O–H groups in total. The molecule has 2 rings (SSSR count). The van der Waals surface area contributed by atoms with Crippen molar-refractivity contribution in [2.75, 3.05) is 0 Å². The van der Waals surface area contributed by atoms with E-state index < -0.39 is 41.3 Å². The second-order valence-corrected chi connectivity index (χ2v) is 6.25. The number of aliphatic carboxylic acids is 2. The molecular formula is C12H16N2O6S. The monoisotopic (exact) mass is 316 g/mol. The lowest BCUT2D eigenvalue weighted by Gasteiger charge is -2.43. The number of β-lactam (4-membered cyclic amide) rings is 1. The number of amides is 1. The molecule has 0 aromatic rings. The minimum atomic E-state index is -1.23. The average molecular weight is 316 g/mol. The number of rotatable bonds is 6. The van der Waals surface area contributed by atoms with E-state index >= 15 is 0 Å². The lowest BCUT2D eigenvalue weighted by Crippen LogP contribution is -2.60. The number of allylic oxidation sites excluding steroid dienone is 1. The van der Waals surface area contributed by atoms with Crippen molar-refractivity contribution >= 4 is 29.6 Å². The first-order valence-corrected chi connectivity index (χ1v) is 7.26. The Bertz CT molecular complexity index is 532. The molecular weight excluding hydrogens is 300 g/mol. The van der Waals surface area contributed by atoms with Gasteiger partial charge in [0, 0.05) is 4.91 Å². The number of carbonyl (C=O) groups excluding carboxylic acids is 1. The maximum Gasteiger partial charge on any atom is 0.353 e. The lowest BCUT2D eigenvalue weighted by molar-refractivity contribution is -0.156. The van der Waals surface area contributed by atoms with Crippen molar-refractivity contribution in [3.05, 3.63) is 10.6 Å². The summed E-state index contributed by atoms with van der Waals surface area (Å²) in [6, 6.07) is -1.08. The lowest BCUT2D eigenvalue weighted by atomic mass is 9.92. The summed E-state index contributed by atoms with van der Waals surface area (Å²) in [5, 5.41) is 27.1. The van der Waals surface area contributed by atoms with E-state index in [4.69, 9.17) is 10.8 Å². The van der Waals surface area contributed by atoms with Gasteiger partial charge in [-0.3, -0.25) is 14.5 Å². The van der Waals surface area contributed by atoms with E-state index in [1.165, 1.54) is 18.7 Å². The van der Waals surface area contributed by atoms with Gasteiger partial charge in [0.05, 0.1) is 12.0 Å². The van der Waals surface area contributed by atoms with Gasteiger partial charge < -0.3 is 21.1 Å². The number of nitrogens with zero attached hydrogens (tertiary/aromatic N) is 1. The highest BCUT2D eigenvalue weighted by Crippen LogP contribution is 2.51. The number of nitrogens with two attached hydrogens (primary N) is 1. The molecule has 2 aliphatic rings. The van der Waals surface area contributed by atoms with E-state index in [0.29, 0.717) is 4.91 Å².